The van der Waals surface area contributed by atoms with Crippen LogP contribution in [0.5, 0.6) is 0 Å². The molecule has 0 amide bonds. The second-order valence-corrected chi connectivity index (χ2v) is 5.50. The average molecular weight is 314 g/mol. The van der Waals surface area contributed by atoms with Crippen molar-refractivity contribution in [3.63, 3.8) is 0 Å². The van der Waals surface area contributed by atoms with Crippen LogP contribution >= 0.6 is 0 Å². The fourth-order valence-electron chi connectivity index (χ4n) is 2.30. The maximum atomic E-state index is 13.7. The predicted molar refractivity (Wildman–Crippen MR) is 84.6 cm³/mol. The predicted octanol–water partition coefficient (Wildman–Crippen LogP) is 1.67. The minimum atomic E-state index is -0.492. The molecule has 0 spiro atoms. The number of hydrogen-bond donors (Lipinski definition) is 0. The van der Waals surface area contributed by atoms with Gasteiger partial charge in [0.05, 0.1) is 12.2 Å². The third-order valence-corrected chi connectivity index (χ3v) is 3.50. The minimum absolute atomic E-state index is 0.0141. The van der Waals surface area contributed by atoms with E-state index in [0.29, 0.717) is 11.3 Å². The zero-order valence-corrected chi connectivity index (χ0v) is 12.8. The lowest BCUT2D eigenvalue weighted by Gasteiger charge is -2.06. The van der Waals surface area contributed by atoms with Gasteiger partial charge in [-0.05, 0) is 31.5 Å². The summed E-state index contributed by atoms with van der Waals surface area (Å²) in [6.45, 7) is 7.38. The van der Waals surface area contributed by atoms with Gasteiger partial charge in [0.1, 0.15) is 5.82 Å². The van der Waals surface area contributed by atoms with Gasteiger partial charge in [0, 0.05) is 12.4 Å². The van der Waals surface area contributed by atoms with Gasteiger partial charge in [-0.1, -0.05) is 18.2 Å². The second-order valence-electron chi connectivity index (χ2n) is 5.50. The molecule has 0 aliphatic rings. The molecule has 7 heteroatoms. The molecule has 0 aliphatic carbocycles. The van der Waals surface area contributed by atoms with E-state index in [1.165, 1.54) is 32.1 Å². The Labute approximate surface area is 130 Å². The van der Waals surface area contributed by atoms with Gasteiger partial charge >= 0.3 is 11.2 Å². The summed E-state index contributed by atoms with van der Waals surface area (Å²) in [6.07, 6.45) is 2.87. The van der Waals surface area contributed by atoms with Crippen LogP contribution in [0.3, 0.4) is 0 Å². The molecule has 3 aromatic rings. The summed E-state index contributed by atoms with van der Waals surface area (Å²) in [4.78, 5) is 24.7. The number of hydrogen-bond acceptors (Lipinski definition) is 3. The van der Waals surface area contributed by atoms with E-state index < -0.39 is 17.1 Å². The number of rotatable bonds is 3. The second kappa shape index (κ2) is 5.35. The first-order chi connectivity index (χ1) is 10.9. The maximum absolute atomic E-state index is 13.7. The summed E-state index contributed by atoms with van der Waals surface area (Å²) in [7, 11) is 0. The maximum Gasteiger partial charge on any atom is 0.350 e. The Balaban J connectivity index is 2.23. The number of benzene rings is 1. The fraction of sp³-hybridized carbons (Fsp3) is 0.188. The van der Waals surface area contributed by atoms with Gasteiger partial charge in [-0.2, -0.15) is 0 Å². The topological polar surface area (TPSA) is 61.3 Å². The van der Waals surface area contributed by atoms with Crippen molar-refractivity contribution in [1.82, 2.24) is 18.7 Å². The highest BCUT2D eigenvalue weighted by Crippen LogP contribution is 2.12. The van der Waals surface area contributed by atoms with Crippen LogP contribution in [0.2, 0.25) is 0 Å². The number of aromatic nitrogens is 4. The molecule has 0 fully saturated rings. The third-order valence-electron chi connectivity index (χ3n) is 3.50. The lowest BCUT2D eigenvalue weighted by Crippen LogP contribution is -2.24. The molecule has 1 aromatic carbocycles. The van der Waals surface area contributed by atoms with E-state index in [1.807, 2.05) is 0 Å². The number of nitrogens with zero attached hydrogens (tertiary/aromatic N) is 4. The highest BCUT2D eigenvalue weighted by atomic mass is 19.1. The Bertz CT molecular complexity index is 1040. The first-order valence-corrected chi connectivity index (χ1v) is 7.00. The fourth-order valence-corrected chi connectivity index (χ4v) is 2.30. The number of fused-ring (bicyclic) bond motifs is 1. The van der Waals surface area contributed by atoms with Crippen molar-refractivity contribution in [3.8, 4) is 5.69 Å². The van der Waals surface area contributed by atoms with Crippen LogP contribution in [0.25, 0.3) is 11.3 Å². The minimum Gasteiger partial charge on any atom is -0.279 e. The van der Waals surface area contributed by atoms with Gasteiger partial charge in [0.2, 0.25) is 5.65 Å². The van der Waals surface area contributed by atoms with Crippen LogP contribution in [0.4, 0.5) is 4.39 Å². The molecule has 0 N–H and O–H groups in total. The van der Waals surface area contributed by atoms with Gasteiger partial charge in [-0.3, -0.25) is 9.36 Å². The average Bonchev–Trinajstić information content (AvgIpc) is 2.80. The van der Waals surface area contributed by atoms with Gasteiger partial charge in [0.15, 0.2) is 0 Å². The molecule has 0 unspecified atom stereocenters. The van der Waals surface area contributed by atoms with Gasteiger partial charge in [-0.15, -0.1) is 5.10 Å². The monoisotopic (exact) mass is 314 g/mol. The van der Waals surface area contributed by atoms with Crippen LogP contribution in [0.1, 0.15) is 12.5 Å². The molecule has 0 atom stereocenters. The Kier molecular flexibility index (Phi) is 3.48. The van der Waals surface area contributed by atoms with Crippen molar-refractivity contribution < 1.29 is 4.39 Å². The first-order valence-electron chi connectivity index (χ1n) is 7.00. The van der Waals surface area contributed by atoms with Crippen molar-refractivity contribution in [2.45, 2.75) is 20.4 Å². The molecular weight excluding hydrogens is 299 g/mol. The van der Waals surface area contributed by atoms with E-state index in [4.69, 9.17) is 0 Å². The summed E-state index contributed by atoms with van der Waals surface area (Å²) in [6, 6.07) is 4.50. The molecule has 2 aromatic heterocycles. The molecule has 0 radical (unpaired) electrons. The lowest BCUT2D eigenvalue weighted by molar-refractivity contribution is 0.617. The molecular formula is C16H15FN4O2. The van der Waals surface area contributed by atoms with Crippen molar-refractivity contribution in [2.75, 3.05) is 0 Å². The first kappa shape index (κ1) is 15.0. The van der Waals surface area contributed by atoms with E-state index in [1.54, 1.807) is 26.0 Å². The van der Waals surface area contributed by atoms with Gasteiger partial charge < -0.3 is 0 Å². The summed E-state index contributed by atoms with van der Waals surface area (Å²) < 4.78 is 17.3. The third kappa shape index (κ3) is 2.50. The summed E-state index contributed by atoms with van der Waals surface area (Å²) in [5.41, 5.74) is 0.694. The molecule has 23 heavy (non-hydrogen) atoms. The standard InChI is InChI=1S/C16H15FN4O2/c1-10(2)9-21-16(23)20-7-6-19(15(22)14(20)18-21)12-5-4-11(3)13(17)8-12/h4-8H,1,9H2,2-3H3. The van der Waals surface area contributed by atoms with Crippen LogP contribution in [0, 0.1) is 12.7 Å². The quantitative estimate of drug-likeness (QED) is 0.691. The Morgan fingerprint density at radius 2 is 2.04 bits per heavy atom. The number of allylic oxidation sites excluding steroid dienone is 1. The molecule has 6 nitrogen and oxygen atoms in total. The number of halogens is 1. The van der Waals surface area contributed by atoms with Crippen LogP contribution in [0.15, 0.2) is 52.3 Å². The van der Waals surface area contributed by atoms with E-state index in [-0.39, 0.29) is 12.2 Å². The molecule has 0 saturated heterocycles. The molecule has 3 rings (SSSR count). The smallest absolute Gasteiger partial charge is 0.279 e. The molecule has 0 saturated carbocycles. The van der Waals surface area contributed by atoms with Crippen molar-refractivity contribution in [1.29, 1.82) is 0 Å². The highest BCUT2D eigenvalue weighted by Gasteiger charge is 2.13. The SMILES string of the molecule is C=C(C)Cn1nc2c(=O)n(-c3ccc(C)c(F)c3)ccn2c1=O. The molecule has 2 heterocycles. The van der Waals surface area contributed by atoms with Crippen LogP contribution < -0.4 is 11.2 Å². The normalized spacial score (nSPS) is 11.1. The van der Waals surface area contributed by atoms with Gasteiger partial charge in [-0.25, -0.2) is 18.3 Å². The molecule has 118 valence electrons. The van der Waals surface area contributed by atoms with Crippen LogP contribution in [-0.4, -0.2) is 18.7 Å². The highest BCUT2D eigenvalue weighted by molar-refractivity contribution is 5.41. The zero-order chi connectivity index (χ0) is 16.7. The van der Waals surface area contributed by atoms with E-state index in [2.05, 4.69) is 11.7 Å². The molecule has 0 bridgehead atoms. The Morgan fingerprint density at radius 3 is 2.70 bits per heavy atom. The summed E-state index contributed by atoms with van der Waals surface area (Å²) in [5, 5.41) is 4.06. The molecule has 0 aliphatic heterocycles. The van der Waals surface area contributed by atoms with E-state index in [9.17, 15) is 14.0 Å². The summed E-state index contributed by atoms with van der Waals surface area (Å²) >= 11 is 0. The van der Waals surface area contributed by atoms with E-state index in [0.717, 1.165) is 5.57 Å². The van der Waals surface area contributed by atoms with Crippen molar-refractivity contribution in [3.05, 3.63) is 75.0 Å². The van der Waals surface area contributed by atoms with Crippen molar-refractivity contribution in [2.24, 2.45) is 0 Å². The lowest BCUT2D eigenvalue weighted by atomic mass is 10.2. The Morgan fingerprint density at radius 1 is 1.30 bits per heavy atom. The van der Waals surface area contributed by atoms with Crippen LogP contribution in [-0.2, 0) is 6.54 Å². The summed E-state index contributed by atoms with van der Waals surface area (Å²) in [5.74, 6) is -0.403. The van der Waals surface area contributed by atoms with E-state index >= 15 is 0 Å². The van der Waals surface area contributed by atoms with Crippen molar-refractivity contribution >= 4 is 5.65 Å². The number of aryl methyl sites for hydroxylation is 1. The largest absolute Gasteiger partial charge is 0.350 e. The van der Waals surface area contributed by atoms with Gasteiger partial charge in [0.25, 0.3) is 0 Å². The zero-order valence-electron chi connectivity index (χ0n) is 12.8. The Hall–Kier alpha value is -2.96.